The maximum atomic E-state index is 5.87. The largest absolute Gasteiger partial charge is 0.494 e. The Hall–Kier alpha value is -1.76. The summed E-state index contributed by atoms with van der Waals surface area (Å²) < 4.78 is 5.87. The van der Waals surface area contributed by atoms with Gasteiger partial charge in [-0.25, -0.2) is 0 Å². The first-order valence-corrected chi connectivity index (χ1v) is 12.6. The predicted molar refractivity (Wildman–Crippen MR) is 128 cm³/mol. The molecule has 1 nitrogen and oxygen atoms in total. The number of hydrogen-bond donors (Lipinski definition) is 0. The fraction of sp³-hybridized carbons (Fsp3) is 0.586. The first-order chi connectivity index (χ1) is 14.8. The third-order valence-corrected chi connectivity index (χ3v) is 7.81. The fourth-order valence-corrected chi connectivity index (χ4v) is 5.72. The number of benzene rings is 2. The van der Waals surface area contributed by atoms with E-state index in [1.54, 1.807) is 11.1 Å². The zero-order valence-corrected chi connectivity index (χ0v) is 19.2. The van der Waals surface area contributed by atoms with Crippen LogP contribution in [0.25, 0.3) is 11.1 Å². The van der Waals surface area contributed by atoms with Gasteiger partial charge in [-0.15, -0.1) is 0 Å². The van der Waals surface area contributed by atoms with E-state index < -0.39 is 0 Å². The quantitative estimate of drug-likeness (QED) is 0.402. The van der Waals surface area contributed by atoms with Gasteiger partial charge in [0.05, 0.1) is 6.61 Å². The van der Waals surface area contributed by atoms with Crippen LogP contribution in [0.5, 0.6) is 5.75 Å². The molecule has 2 aromatic carbocycles. The summed E-state index contributed by atoms with van der Waals surface area (Å²) in [7, 11) is 0. The molecule has 1 fully saturated rings. The van der Waals surface area contributed by atoms with Crippen LogP contribution in [-0.4, -0.2) is 6.61 Å². The summed E-state index contributed by atoms with van der Waals surface area (Å²) in [5.74, 6) is 3.90. The summed E-state index contributed by atoms with van der Waals surface area (Å²) in [6, 6.07) is 15.9. The van der Waals surface area contributed by atoms with Crippen LogP contribution < -0.4 is 4.74 Å². The van der Waals surface area contributed by atoms with Crippen molar-refractivity contribution in [3.05, 3.63) is 53.6 Å². The molecule has 2 aromatic rings. The van der Waals surface area contributed by atoms with Crippen LogP contribution >= 0.6 is 0 Å². The summed E-state index contributed by atoms with van der Waals surface area (Å²) in [6.07, 6.45) is 14.9. The monoisotopic (exact) mass is 404 g/mol. The molecule has 2 aliphatic carbocycles. The zero-order valence-electron chi connectivity index (χ0n) is 19.2. The summed E-state index contributed by atoms with van der Waals surface area (Å²) >= 11 is 0. The highest BCUT2D eigenvalue weighted by molar-refractivity contribution is 5.66. The molecule has 0 N–H and O–H groups in total. The van der Waals surface area contributed by atoms with Crippen molar-refractivity contribution in [1.82, 2.24) is 0 Å². The molecule has 0 spiro atoms. The second-order valence-corrected chi connectivity index (χ2v) is 9.76. The van der Waals surface area contributed by atoms with Crippen molar-refractivity contribution in [2.24, 2.45) is 17.8 Å². The van der Waals surface area contributed by atoms with Gasteiger partial charge in [0.25, 0.3) is 0 Å². The van der Waals surface area contributed by atoms with Gasteiger partial charge in [-0.2, -0.15) is 0 Å². The summed E-state index contributed by atoms with van der Waals surface area (Å²) in [5, 5.41) is 0. The van der Waals surface area contributed by atoms with Crippen LogP contribution in [0.3, 0.4) is 0 Å². The van der Waals surface area contributed by atoms with Crippen molar-refractivity contribution in [2.45, 2.75) is 84.5 Å². The lowest BCUT2D eigenvalue weighted by Gasteiger charge is -2.36. The molecule has 2 aliphatic rings. The Morgan fingerprint density at radius 1 is 0.767 bits per heavy atom. The van der Waals surface area contributed by atoms with Crippen molar-refractivity contribution in [1.29, 1.82) is 0 Å². The van der Waals surface area contributed by atoms with Crippen molar-refractivity contribution >= 4 is 0 Å². The van der Waals surface area contributed by atoms with Crippen LogP contribution in [0.4, 0.5) is 0 Å². The molecule has 30 heavy (non-hydrogen) atoms. The van der Waals surface area contributed by atoms with Crippen molar-refractivity contribution in [3.8, 4) is 16.9 Å². The molecule has 0 radical (unpaired) electrons. The van der Waals surface area contributed by atoms with E-state index in [1.807, 2.05) is 0 Å². The molecular formula is C29H40O. The first kappa shape index (κ1) is 21.5. The molecule has 1 heteroatoms. The molecule has 1 unspecified atom stereocenters. The Balaban J connectivity index is 1.36. The number of rotatable bonds is 8. The molecule has 0 heterocycles. The maximum absolute atomic E-state index is 5.87. The third-order valence-electron chi connectivity index (χ3n) is 7.81. The van der Waals surface area contributed by atoms with Crippen LogP contribution in [0.15, 0.2) is 42.5 Å². The molecule has 4 rings (SSSR count). The Morgan fingerprint density at radius 2 is 1.53 bits per heavy atom. The molecule has 0 aromatic heterocycles. The van der Waals surface area contributed by atoms with Gasteiger partial charge in [-0.05, 0) is 90.7 Å². The second-order valence-electron chi connectivity index (χ2n) is 9.76. The van der Waals surface area contributed by atoms with Crippen molar-refractivity contribution in [2.75, 3.05) is 6.61 Å². The standard InChI is InChI=1S/C29H40O/c1-3-5-6-19-30-29-17-15-24(16-18-29)26-12-14-27-20-25(11-13-28(27)21-26)23-9-7-22(4-2)8-10-23/h12,14-18,21-23,25H,3-11,13,19-20H2,1-2H3. The number of unbranched alkanes of at least 4 members (excludes halogenated alkanes) is 2. The van der Waals surface area contributed by atoms with E-state index in [9.17, 15) is 0 Å². The number of ether oxygens (including phenoxy) is 1. The lowest BCUT2D eigenvalue weighted by molar-refractivity contribution is 0.187. The number of hydrogen-bond acceptors (Lipinski definition) is 1. The summed E-state index contributed by atoms with van der Waals surface area (Å²) in [5.41, 5.74) is 5.86. The zero-order chi connectivity index (χ0) is 20.8. The Kier molecular flexibility index (Phi) is 7.52. The van der Waals surface area contributed by atoms with E-state index in [1.165, 1.54) is 75.3 Å². The Morgan fingerprint density at radius 3 is 2.27 bits per heavy atom. The molecule has 0 saturated heterocycles. The van der Waals surface area contributed by atoms with Crippen molar-refractivity contribution < 1.29 is 4.74 Å². The van der Waals surface area contributed by atoms with E-state index in [0.29, 0.717) is 0 Å². The topological polar surface area (TPSA) is 9.23 Å². The average Bonchev–Trinajstić information content (AvgIpc) is 2.81. The van der Waals surface area contributed by atoms with Gasteiger partial charge in [0, 0.05) is 0 Å². The second kappa shape index (κ2) is 10.5. The Bertz CT molecular complexity index is 783. The van der Waals surface area contributed by atoms with E-state index in [2.05, 4.69) is 56.3 Å². The maximum Gasteiger partial charge on any atom is 0.119 e. The normalized spacial score (nSPS) is 23.7. The molecular weight excluding hydrogens is 364 g/mol. The van der Waals surface area contributed by atoms with Gasteiger partial charge in [-0.3, -0.25) is 0 Å². The van der Waals surface area contributed by atoms with Crippen LogP contribution in [0.2, 0.25) is 0 Å². The average molecular weight is 405 g/mol. The highest BCUT2D eigenvalue weighted by Crippen LogP contribution is 2.41. The van der Waals surface area contributed by atoms with Crippen molar-refractivity contribution in [3.63, 3.8) is 0 Å². The fourth-order valence-electron chi connectivity index (χ4n) is 5.72. The lowest BCUT2D eigenvalue weighted by atomic mass is 9.69. The van der Waals surface area contributed by atoms with E-state index >= 15 is 0 Å². The van der Waals surface area contributed by atoms with Gasteiger partial charge < -0.3 is 4.74 Å². The highest BCUT2D eigenvalue weighted by atomic mass is 16.5. The molecule has 0 bridgehead atoms. The van der Waals surface area contributed by atoms with E-state index in [4.69, 9.17) is 4.74 Å². The molecule has 0 aliphatic heterocycles. The van der Waals surface area contributed by atoms with Crippen LogP contribution in [-0.2, 0) is 12.8 Å². The van der Waals surface area contributed by atoms with Gasteiger partial charge in [0.1, 0.15) is 5.75 Å². The van der Waals surface area contributed by atoms with Gasteiger partial charge in [0.15, 0.2) is 0 Å². The minimum absolute atomic E-state index is 0.827. The minimum atomic E-state index is 0.827. The van der Waals surface area contributed by atoms with Gasteiger partial charge in [-0.1, -0.05) is 76.3 Å². The third kappa shape index (κ3) is 5.29. The van der Waals surface area contributed by atoms with Crippen LogP contribution in [0.1, 0.15) is 82.8 Å². The summed E-state index contributed by atoms with van der Waals surface area (Å²) in [6.45, 7) is 5.42. The lowest BCUT2D eigenvalue weighted by Crippen LogP contribution is -2.26. The molecule has 162 valence electrons. The summed E-state index contributed by atoms with van der Waals surface area (Å²) in [4.78, 5) is 0. The van der Waals surface area contributed by atoms with Gasteiger partial charge >= 0.3 is 0 Å². The van der Waals surface area contributed by atoms with Gasteiger partial charge in [0.2, 0.25) is 0 Å². The Labute approximate surface area is 184 Å². The highest BCUT2D eigenvalue weighted by Gasteiger charge is 2.29. The molecule has 1 atom stereocenters. The SMILES string of the molecule is CCCCCOc1ccc(-c2ccc3c(c2)CCC(C2CCC(CC)CC2)C3)cc1. The smallest absolute Gasteiger partial charge is 0.119 e. The van der Waals surface area contributed by atoms with E-state index in [-0.39, 0.29) is 0 Å². The molecule has 1 saturated carbocycles. The predicted octanol–water partition coefficient (Wildman–Crippen LogP) is 8.24. The van der Waals surface area contributed by atoms with Crippen LogP contribution in [0, 0.1) is 17.8 Å². The van der Waals surface area contributed by atoms with E-state index in [0.717, 1.165) is 36.5 Å². The number of fused-ring (bicyclic) bond motifs is 1. The first-order valence-electron chi connectivity index (χ1n) is 12.6. The molecule has 0 amide bonds. The minimum Gasteiger partial charge on any atom is -0.494 e. The number of aryl methyl sites for hydroxylation is 1.